The number of benzene rings is 1. The first-order chi connectivity index (χ1) is 8.30. The van der Waals surface area contributed by atoms with Gasteiger partial charge in [0.1, 0.15) is 0 Å². The number of hydrogen-bond acceptors (Lipinski definition) is 5. The molecule has 1 aromatic rings. The van der Waals surface area contributed by atoms with Gasteiger partial charge in [0, 0.05) is 32.8 Å². The SMILES string of the molecule is CN(C)S(=O)(=O)c1cc([N+](=O)[O-])ccc1CCO. The molecule has 18 heavy (non-hydrogen) atoms. The van der Waals surface area contributed by atoms with Gasteiger partial charge in [0.2, 0.25) is 10.0 Å². The molecule has 0 saturated heterocycles. The van der Waals surface area contributed by atoms with Crippen LogP contribution in [0.4, 0.5) is 5.69 Å². The smallest absolute Gasteiger partial charge is 0.270 e. The summed E-state index contributed by atoms with van der Waals surface area (Å²) >= 11 is 0. The molecular formula is C10H14N2O5S. The fourth-order valence-corrected chi connectivity index (χ4v) is 2.59. The van der Waals surface area contributed by atoms with Crippen LogP contribution in [0, 0.1) is 10.1 Å². The van der Waals surface area contributed by atoms with Crippen molar-refractivity contribution in [1.29, 1.82) is 0 Å². The number of aliphatic hydroxyl groups is 1. The molecule has 7 nitrogen and oxygen atoms in total. The molecule has 0 aromatic heterocycles. The minimum absolute atomic E-state index is 0.125. The van der Waals surface area contributed by atoms with E-state index in [1.54, 1.807) is 0 Å². The van der Waals surface area contributed by atoms with Gasteiger partial charge in [0.15, 0.2) is 0 Å². The molecule has 0 unspecified atom stereocenters. The third kappa shape index (κ3) is 2.84. The molecule has 0 aliphatic heterocycles. The average molecular weight is 274 g/mol. The molecule has 0 bridgehead atoms. The van der Waals surface area contributed by atoms with Gasteiger partial charge in [-0.15, -0.1) is 0 Å². The predicted octanol–water partition coefficient (Wildman–Crippen LogP) is 0.380. The van der Waals surface area contributed by atoms with Crippen LogP contribution < -0.4 is 0 Å². The summed E-state index contributed by atoms with van der Waals surface area (Å²) in [7, 11) is -1.08. The quantitative estimate of drug-likeness (QED) is 0.618. The lowest BCUT2D eigenvalue weighted by Crippen LogP contribution is -2.23. The Bertz CT molecular complexity index is 553. The van der Waals surface area contributed by atoms with E-state index in [1.807, 2.05) is 0 Å². The van der Waals surface area contributed by atoms with Gasteiger partial charge < -0.3 is 5.11 Å². The van der Waals surface area contributed by atoms with E-state index in [0.717, 1.165) is 10.4 Å². The van der Waals surface area contributed by atoms with Crippen molar-refractivity contribution < 1.29 is 18.4 Å². The molecule has 1 N–H and O–H groups in total. The minimum Gasteiger partial charge on any atom is -0.396 e. The molecule has 100 valence electrons. The Morgan fingerprint density at radius 2 is 2.00 bits per heavy atom. The first-order valence-corrected chi connectivity index (χ1v) is 6.55. The van der Waals surface area contributed by atoms with Gasteiger partial charge >= 0.3 is 0 Å². The van der Waals surface area contributed by atoms with E-state index in [2.05, 4.69) is 0 Å². The summed E-state index contributed by atoms with van der Waals surface area (Å²) in [6.45, 7) is -0.228. The summed E-state index contributed by atoms with van der Waals surface area (Å²) in [5.41, 5.74) is 0.0638. The number of non-ortho nitro benzene ring substituents is 1. The Kier molecular flexibility index (Phi) is 4.38. The maximum Gasteiger partial charge on any atom is 0.270 e. The Morgan fingerprint density at radius 3 is 2.44 bits per heavy atom. The van der Waals surface area contributed by atoms with Crippen molar-refractivity contribution in [1.82, 2.24) is 4.31 Å². The second-order valence-electron chi connectivity index (χ2n) is 3.81. The summed E-state index contributed by atoms with van der Waals surface area (Å²) in [6, 6.07) is 3.59. The molecule has 8 heteroatoms. The summed E-state index contributed by atoms with van der Waals surface area (Å²) < 4.78 is 25.0. The van der Waals surface area contributed by atoms with Crippen molar-refractivity contribution in [3.05, 3.63) is 33.9 Å². The fourth-order valence-electron chi connectivity index (χ4n) is 1.42. The highest BCUT2D eigenvalue weighted by molar-refractivity contribution is 7.89. The molecule has 0 radical (unpaired) electrons. The monoisotopic (exact) mass is 274 g/mol. The van der Waals surface area contributed by atoms with Gasteiger partial charge in [-0.1, -0.05) is 6.07 Å². The first-order valence-electron chi connectivity index (χ1n) is 5.11. The summed E-state index contributed by atoms with van der Waals surface area (Å²) in [4.78, 5) is 9.87. The molecule has 1 rings (SSSR count). The maximum absolute atomic E-state index is 12.0. The highest BCUT2D eigenvalue weighted by atomic mass is 32.2. The van der Waals surface area contributed by atoms with Gasteiger partial charge in [-0.2, -0.15) is 0 Å². The van der Waals surface area contributed by atoms with Crippen LogP contribution in [-0.2, 0) is 16.4 Å². The summed E-state index contributed by atoms with van der Waals surface area (Å²) in [6.07, 6.45) is 0.125. The van der Waals surface area contributed by atoms with Crippen LogP contribution >= 0.6 is 0 Å². The number of rotatable bonds is 5. The van der Waals surface area contributed by atoms with Crippen LogP contribution in [0.2, 0.25) is 0 Å². The minimum atomic E-state index is -3.77. The Hall–Kier alpha value is -1.51. The zero-order chi connectivity index (χ0) is 13.9. The van der Waals surface area contributed by atoms with Crippen LogP contribution in [0.5, 0.6) is 0 Å². The van der Waals surface area contributed by atoms with E-state index in [0.29, 0.717) is 5.56 Å². The van der Waals surface area contributed by atoms with Gasteiger partial charge in [-0.05, 0) is 12.0 Å². The van der Waals surface area contributed by atoms with E-state index >= 15 is 0 Å². The van der Waals surface area contributed by atoms with Crippen LogP contribution in [0.25, 0.3) is 0 Å². The summed E-state index contributed by atoms with van der Waals surface area (Å²) in [5, 5.41) is 19.6. The maximum atomic E-state index is 12.0. The number of sulfonamides is 1. The molecule has 0 fully saturated rings. The van der Waals surface area contributed by atoms with Crippen LogP contribution in [0.1, 0.15) is 5.56 Å². The van der Waals surface area contributed by atoms with Crippen molar-refractivity contribution in [2.45, 2.75) is 11.3 Å². The van der Waals surface area contributed by atoms with E-state index in [1.165, 1.54) is 26.2 Å². The molecular weight excluding hydrogens is 260 g/mol. The van der Waals surface area contributed by atoms with Gasteiger partial charge in [0.25, 0.3) is 5.69 Å². The number of nitro groups is 1. The molecule has 0 spiro atoms. The Morgan fingerprint density at radius 1 is 1.39 bits per heavy atom. The lowest BCUT2D eigenvalue weighted by atomic mass is 10.1. The lowest BCUT2D eigenvalue weighted by molar-refractivity contribution is -0.385. The largest absolute Gasteiger partial charge is 0.396 e. The molecule has 0 aliphatic rings. The van der Waals surface area contributed by atoms with E-state index < -0.39 is 14.9 Å². The van der Waals surface area contributed by atoms with Gasteiger partial charge in [-0.3, -0.25) is 10.1 Å². The third-order valence-corrected chi connectivity index (χ3v) is 4.30. The van der Waals surface area contributed by atoms with E-state index in [4.69, 9.17) is 5.11 Å². The van der Waals surface area contributed by atoms with Gasteiger partial charge in [0.05, 0.1) is 9.82 Å². The third-order valence-electron chi connectivity index (χ3n) is 2.40. The van der Waals surface area contributed by atoms with Crippen LogP contribution in [0.15, 0.2) is 23.1 Å². The van der Waals surface area contributed by atoms with Crippen molar-refractivity contribution >= 4 is 15.7 Å². The standard InChI is InChI=1S/C10H14N2O5S/c1-11(2)18(16,17)10-7-9(12(14)15)4-3-8(10)5-6-13/h3-4,7,13H,5-6H2,1-2H3. The molecule has 0 atom stereocenters. The number of nitro benzene ring substituents is 1. The predicted molar refractivity (Wildman–Crippen MR) is 64.8 cm³/mol. The zero-order valence-corrected chi connectivity index (χ0v) is 10.8. The van der Waals surface area contributed by atoms with E-state index in [9.17, 15) is 18.5 Å². The second kappa shape index (κ2) is 5.42. The highest BCUT2D eigenvalue weighted by Crippen LogP contribution is 2.24. The van der Waals surface area contributed by atoms with Crippen molar-refractivity contribution in [3.8, 4) is 0 Å². The second-order valence-corrected chi connectivity index (χ2v) is 5.93. The molecule has 0 amide bonds. The Labute approximate surface area is 105 Å². The van der Waals surface area contributed by atoms with E-state index in [-0.39, 0.29) is 23.6 Å². The van der Waals surface area contributed by atoms with Gasteiger partial charge in [-0.25, -0.2) is 12.7 Å². The topological polar surface area (TPSA) is 101 Å². The van der Waals surface area contributed by atoms with Crippen molar-refractivity contribution in [2.24, 2.45) is 0 Å². The molecule has 0 saturated carbocycles. The Balaban J connectivity index is 3.46. The fraction of sp³-hybridized carbons (Fsp3) is 0.400. The first kappa shape index (κ1) is 14.6. The molecule has 0 aliphatic carbocycles. The lowest BCUT2D eigenvalue weighted by Gasteiger charge is -2.14. The van der Waals surface area contributed by atoms with Crippen LogP contribution in [0.3, 0.4) is 0 Å². The number of nitrogens with zero attached hydrogens (tertiary/aromatic N) is 2. The summed E-state index contributed by atoms with van der Waals surface area (Å²) in [5.74, 6) is 0. The number of hydrogen-bond donors (Lipinski definition) is 1. The highest BCUT2D eigenvalue weighted by Gasteiger charge is 2.23. The average Bonchev–Trinajstić information content (AvgIpc) is 2.29. The van der Waals surface area contributed by atoms with Crippen molar-refractivity contribution in [3.63, 3.8) is 0 Å². The van der Waals surface area contributed by atoms with Crippen LogP contribution in [-0.4, -0.2) is 43.5 Å². The zero-order valence-electron chi connectivity index (χ0n) is 10.0. The molecule has 1 aromatic carbocycles. The van der Waals surface area contributed by atoms with Crippen molar-refractivity contribution in [2.75, 3.05) is 20.7 Å². The number of aliphatic hydroxyl groups excluding tert-OH is 1. The normalized spacial score (nSPS) is 11.8. The molecule has 0 heterocycles.